The lowest BCUT2D eigenvalue weighted by Gasteiger charge is -2.15. The third-order valence-corrected chi connectivity index (χ3v) is 4.62. The number of para-hydroxylation sites is 1. The molecule has 138 valence electrons. The number of benzene rings is 1. The molecule has 0 aliphatic carbocycles. The molecule has 1 aromatic carbocycles. The summed E-state index contributed by atoms with van der Waals surface area (Å²) in [7, 11) is 0. The van der Waals surface area contributed by atoms with Gasteiger partial charge >= 0.3 is 5.97 Å². The number of carbonyl (C=O) groups excluding carboxylic acids is 2. The third-order valence-electron chi connectivity index (χ3n) is 3.82. The van der Waals surface area contributed by atoms with Gasteiger partial charge in [-0.2, -0.15) is 0 Å². The molecule has 26 heavy (non-hydrogen) atoms. The molecule has 1 atom stereocenters. The number of carbonyl (C=O) groups is 2. The van der Waals surface area contributed by atoms with Crippen molar-refractivity contribution in [3.05, 3.63) is 53.6 Å². The van der Waals surface area contributed by atoms with Crippen molar-refractivity contribution in [1.82, 2.24) is 4.98 Å². The van der Waals surface area contributed by atoms with Gasteiger partial charge in [0.25, 0.3) is 5.91 Å². The quantitative estimate of drug-likeness (QED) is 0.512. The average Bonchev–Trinajstić information content (AvgIpc) is 3.13. The highest BCUT2D eigenvalue weighted by Gasteiger charge is 2.15. The molecule has 2 aromatic rings. The number of esters is 1. The number of thiazole rings is 1. The van der Waals surface area contributed by atoms with Crippen LogP contribution in [-0.4, -0.2) is 30.0 Å². The highest BCUT2D eigenvalue weighted by Crippen LogP contribution is 2.26. The van der Waals surface area contributed by atoms with Crippen molar-refractivity contribution in [2.75, 3.05) is 23.8 Å². The van der Waals surface area contributed by atoms with Crippen molar-refractivity contribution in [1.29, 1.82) is 0 Å². The number of hydrogen-bond acceptors (Lipinski definition) is 6. The predicted octanol–water partition coefficient (Wildman–Crippen LogP) is 4.05. The van der Waals surface area contributed by atoms with Gasteiger partial charge in [0.1, 0.15) is 0 Å². The van der Waals surface area contributed by atoms with Gasteiger partial charge in [0, 0.05) is 17.6 Å². The molecule has 2 rings (SSSR count). The summed E-state index contributed by atoms with van der Waals surface area (Å²) in [5.74, 6) is -0.682. The van der Waals surface area contributed by atoms with E-state index in [0.29, 0.717) is 17.6 Å². The summed E-state index contributed by atoms with van der Waals surface area (Å²) in [4.78, 5) is 28.2. The molecule has 0 unspecified atom stereocenters. The van der Waals surface area contributed by atoms with E-state index in [1.165, 1.54) is 11.3 Å². The molecule has 0 radical (unpaired) electrons. The van der Waals surface area contributed by atoms with Gasteiger partial charge in [0.05, 0.1) is 0 Å². The van der Waals surface area contributed by atoms with Crippen molar-refractivity contribution in [2.45, 2.75) is 26.2 Å². The Bertz CT molecular complexity index is 773. The summed E-state index contributed by atoms with van der Waals surface area (Å²) in [6, 6.07) is 7.64. The van der Waals surface area contributed by atoms with Crippen LogP contribution in [0.2, 0.25) is 0 Å². The lowest BCUT2D eigenvalue weighted by atomic mass is 9.97. The maximum Gasteiger partial charge on any atom is 0.358 e. The van der Waals surface area contributed by atoms with E-state index in [-0.39, 0.29) is 18.2 Å². The molecule has 0 fully saturated rings. The van der Waals surface area contributed by atoms with Crippen LogP contribution in [0.1, 0.15) is 42.2 Å². The molecule has 0 saturated heterocycles. The summed E-state index contributed by atoms with van der Waals surface area (Å²) in [5, 5.41) is 7.99. The SMILES string of the molecule is C=CCNc1nc(C(=O)OCC(=O)Nc2ccccc2[C@@H](C)CC)cs1. The Balaban J connectivity index is 1.90. The van der Waals surface area contributed by atoms with E-state index in [0.717, 1.165) is 17.7 Å². The standard InChI is InChI=1S/C19H23N3O3S/c1-4-10-20-19-22-16(12-26-19)18(24)25-11-17(23)21-15-9-7-6-8-14(15)13(3)5-2/h4,6-9,12-13H,1,5,10-11H2,2-3H3,(H,20,22)(H,21,23)/t13-/m0/s1. The summed E-state index contributed by atoms with van der Waals surface area (Å²) in [6.45, 7) is 7.99. The molecule has 0 aliphatic rings. The lowest BCUT2D eigenvalue weighted by Crippen LogP contribution is -2.22. The van der Waals surface area contributed by atoms with E-state index < -0.39 is 5.97 Å². The minimum absolute atomic E-state index is 0.175. The fourth-order valence-electron chi connectivity index (χ4n) is 2.26. The Morgan fingerprint density at radius 3 is 2.88 bits per heavy atom. The van der Waals surface area contributed by atoms with Crippen LogP contribution in [0.15, 0.2) is 42.3 Å². The number of amides is 1. The Kier molecular flexibility index (Phi) is 7.35. The normalized spacial score (nSPS) is 11.5. The predicted molar refractivity (Wildman–Crippen MR) is 105 cm³/mol. The highest BCUT2D eigenvalue weighted by atomic mass is 32.1. The average molecular weight is 373 g/mol. The maximum atomic E-state index is 12.1. The molecule has 6 nitrogen and oxygen atoms in total. The number of nitrogens with zero attached hydrogens (tertiary/aromatic N) is 1. The van der Waals surface area contributed by atoms with Crippen molar-refractivity contribution in [2.24, 2.45) is 0 Å². The largest absolute Gasteiger partial charge is 0.451 e. The molecule has 0 saturated carbocycles. The Hall–Kier alpha value is -2.67. The topological polar surface area (TPSA) is 80.3 Å². The minimum Gasteiger partial charge on any atom is -0.451 e. The van der Waals surface area contributed by atoms with Crippen LogP contribution >= 0.6 is 11.3 Å². The molecule has 0 spiro atoms. The van der Waals surface area contributed by atoms with E-state index >= 15 is 0 Å². The van der Waals surface area contributed by atoms with E-state index in [4.69, 9.17) is 4.74 Å². The van der Waals surface area contributed by atoms with E-state index in [9.17, 15) is 9.59 Å². The number of anilines is 2. The number of rotatable bonds is 9. The van der Waals surface area contributed by atoms with Gasteiger partial charge in [0.15, 0.2) is 17.4 Å². The zero-order valence-corrected chi connectivity index (χ0v) is 15.8. The van der Waals surface area contributed by atoms with Crippen molar-refractivity contribution in [3.63, 3.8) is 0 Å². The van der Waals surface area contributed by atoms with Crippen molar-refractivity contribution < 1.29 is 14.3 Å². The first-order valence-corrected chi connectivity index (χ1v) is 9.29. The first kappa shape index (κ1) is 19.7. The molecule has 0 aliphatic heterocycles. The monoisotopic (exact) mass is 373 g/mol. The number of ether oxygens (including phenoxy) is 1. The minimum atomic E-state index is -0.627. The molecule has 2 N–H and O–H groups in total. The van der Waals surface area contributed by atoms with Gasteiger partial charge in [-0.3, -0.25) is 4.79 Å². The van der Waals surface area contributed by atoms with Gasteiger partial charge in [0.2, 0.25) is 0 Å². The fourth-order valence-corrected chi connectivity index (χ4v) is 2.95. The summed E-state index contributed by atoms with van der Waals surface area (Å²) >= 11 is 1.29. The second kappa shape index (κ2) is 9.72. The first-order chi connectivity index (χ1) is 12.5. The molecule has 7 heteroatoms. The van der Waals surface area contributed by atoms with Gasteiger partial charge in [-0.05, 0) is 24.0 Å². The molecule has 1 heterocycles. The number of aromatic nitrogens is 1. The third kappa shape index (κ3) is 5.42. The van der Waals surface area contributed by atoms with Gasteiger partial charge < -0.3 is 15.4 Å². The van der Waals surface area contributed by atoms with Gasteiger partial charge in [-0.1, -0.05) is 38.1 Å². The van der Waals surface area contributed by atoms with E-state index in [1.807, 2.05) is 24.3 Å². The Morgan fingerprint density at radius 2 is 2.15 bits per heavy atom. The zero-order valence-electron chi connectivity index (χ0n) is 15.0. The zero-order chi connectivity index (χ0) is 18.9. The Labute approximate surface area is 157 Å². The van der Waals surface area contributed by atoms with Gasteiger partial charge in [-0.15, -0.1) is 17.9 Å². The van der Waals surface area contributed by atoms with Crippen LogP contribution in [0.3, 0.4) is 0 Å². The van der Waals surface area contributed by atoms with Crippen molar-refractivity contribution in [3.8, 4) is 0 Å². The van der Waals surface area contributed by atoms with Crippen LogP contribution in [0.25, 0.3) is 0 Å². The molecule has 0 bridgehead atoms. The van der Waals surface area contributed by atoms with Gasteiger partial charge in [-0.25, -0.2) is 9.78 Å². The van der Waals surface area contributed by atoms with Crippen molar-refractivity contribution >= 4 is 34.0 Å². The number of nitrogens with one attached hydrogen (secondary N) is 2. The smallest absolute Gasteiger partial charge is 0.358 e. The van der Waals surface area contributed by atoms with Crippen LogP contribution in [-0.2, 0) is 9.53 Å². The lowest BCUT2D eigenvalue weighted by molar-refractivity contribution is -0.119. The summed E-state index contributed by atoms with van der Waals surface area (Å²) in [6.07, 6.45) is 2.66. The molecule has 1 aromatic heterocycles. The van der Waals surface area contributed by atoms with Crippen LogP contribution in [0, 0.1) is 0 Å². The maximum absolute atomic E-state index is 12.1. The van der Waals surface area contributed by atoms with Crippen LogP contribution < -0.4 is 10.6 Å². The Morgan fingerprint density at radius 1 is 1.38 bits per heavy atom. The molecular weight excluding hydrogens is 350 g/mol. The first-order valence-electron chi connectivity index (χ1n) is 8.41. The fraction of sp³-hybridized carbons (Fsp3) is 0.316. The van der Waals surface area contributed by atoms with Crippen LogP contribution in [0.5, 0.6) is 0 Å². The summed E-state index contributed by atoms with van der Waals surface area (Å²) in [5.41, 5.74) is 1.98. The number of hydrogen-bond donors (Lipinski definition) is 2. The molecular formula is C19H23N3O3S. The summed E-state index contributed by atoms with van der Waals surface area (Å²) < 4.78 is 5.05. The van der Waals surface area contributed by atoms with Crippen LogP contribution in [0.4, 0.5) is 10.8 Å². The second-order valence-corrected chi connectivity index (χ2v) is 6.59. The second-order valence-electron chi connectivity index (χ2n) is 5.73. The van der Waals surface area contributed by atoms with E-state index in [1.54, 1.807) is 11.5 Å². The van der Waals surface area contributed by atoms with E-state index in [2.05, 4.69) is 36.0 Å². The highest BCUT2D eigenvalue weighted by molar-refractivity contribution is 7.13. The molecule has 1 amide bonds.